The second-order valence-electron chi connectivity index (χ2n) is 4.57. The third-order valence-electron chi connectivity index (χ3n) is 3.06. The van der Waals surface area contributed by atoms with E-state index in [1.54, 1.807) is 12.1 Å². The molecule has 2 aromatic carbocycles. The van der Waals surface area contributed by atoms with Crippen LogP contribution < -0.4 is 15.4 Å². The van der Waals surface area contributed by atoms with Gasteiger partial charge >= 0.3 is 0 Å². The first-order valence-electron chi connectivity index (χ1n) is 7.02. The summed E-state index contributed by atoms with van der Waals surface area (Å²) in [6.45, 7) is 3.13. The van der Waals surface area contributed by atoms with Crippen LogP contribution in [0.5, 0.6) is 5.75 Å². The van der Waals surface area contributed by atoms with Gasteiger partial charge < -0.3 is 15.4 Å². The smallest absolute Gasteiger partial charge is 0.259 e. The van der Waals surface area contributed by atoms with E-state index in [0.717, 1.165) is 11.3 Å². The minimum atomic E-state index is -0.164. The zero-order valence-corrected chi connectivity index (χ0v) is 12.3. The maximum absolute atomic E-state index is 12.5. The van der Waals surface area contributed by atoms with Crippen LogP contribution in [-0.2, 0) is 6.54 Å². The number of rotatable bonds is 6. The molecular weight excluding hydrogens is 264 g/mol. The van der Waals surface area contributed by atoms with Crippen molar-refractivity contribution in [2.75, 3.05) is 19.0 Å². The first-order valence-corrected chi connectivity index (χ1v) is 7.02. The number of carbonyl (C=O) groups excluding carboxylic acids is 1. The van der Waals surface area contributed by atoms with Crippen molar-refractivity contribution in [1.82, 2.24) is 5.32 Å². The van der Waals surface area contributed by atoms with Crippen molar-refractivity contribution in [2.24, 2.45) is 0 Å². The first-order chi connectivity index (χ1) is 10.3. The Labute approximate surface area is 125 Å². The van der Waals surface area contributed by atoms with Crippen LogP contribution in [0.1, 0.15) is 22.8 Å². The number of hydrogen-bond acceptors (Lipinski definition) is 3. The lowest BCUT2D eigenvalue weighted by Crippen LogP contribution is -2.16. The fourth-order valence-corrected chi connectivity index (χ4v) is 2.11. The van der Waals surface area contributed by atoms with Crippen molar-refractivity contribution in [3.8, 4) is 5.75 Å². The summed E-state index contributed by atoms with van der Waals surface area (Å²) < 4.78 is 5.50. The number of carbonyl (C=O) groups is 1. The molecule has 110 valence electrons. The lowest BCUT2D eigenvalue weighted by atomic mass is 10.1. The number of hydrogen-bond donors (Lipinski definition) is 2. The van der Waals surface area contributed by atoms with Crippen LogP contribution in [0.3, 0.4) is 0 Å². The molecule has 2 rings (SSSR count). The van der Waals surface area contributed by atoms with Crippen LogP contribution >= 0.6 is 0 Å². The number of ether oxygens (including phenoxy) is 1. The van der Waals surface area contributed by atoms with Gasteiger partial charge in [0.25, 0.3) is 5.91 Å². The average molecular weight is 284 g/mol. The average Bonchev–Trinajstić information content (AvgIpc) is 2.50. The summed E-state index contributed by atoms with van der Waals surface area (Å²) in [5.41, 5.74) is 2.39. The summed E-state index contributed by atoms with van der Waals surface area (Å²) in [7, 11) is 1.88. The lowest BCUT2D eigenvalue weighted by Gasteiger charge is -2.13. The summed E-state index contributed by atoms with van der Waals surface area (Å²) in [6.07, 6.45) is 0. The summed E-state index contributed by atoms with van der Waals surface area (Å²) in [4.78, 5) is 12.5. The Kier molecular flexibility index (Phi) is 5.35. The number of benzene rings is 2. The molecule has 0 aliphatic carbocycles. The normalized spacial score (nSPS) is 10.2. The van der Waals surface area contributed by atoms with Gasteiger partial charge in [0, 0.05) is 12.2 Å². The number of amides is 1. The van der Waals surface area contributed by atoms with Gasteiger partial charge in [0.15, 0.2) is 0 Å². The van der Waals surface area contributed by atoms with Crippen LogP contribution in [0.4, 0.5) is 5.69 Å². The summed E-state index contributed by atoms with van der Waals surface area (Å²) >= 11 is 0. The van der Waals surface area contributed by atoms with Crippen molar-refractivity contribution in [3.05, 3.63) is 59.7 Å². The third kappa shape index (κ3) is 3.83. The summed E-state index contributed by atoms with van der Waals surface area (Å²) in [6, 6.07) is 15.0. The molecular formula is C17H20N2O2. The van der Waals surface area contributed by atoms with Gasteiger partial charge in [0.1, 0.15) is 5.75 Å². The molecule has 4 nitrogen and oxygen atoms in total. The van der Waals surface area contributed by atoms with Crippen LogP contribution in [0.2, 0.25) is 0 Å². The molecule has 1 amide bonds. The van der Waals surface area contributed by atoms with Crippen molar-refractivity contribution in [2.45, 2.75) is 13.5 Å². The van der Waals surface area contributed by atoms with E-state index < -0.39 is 0 Å². The standard InChI is InChI=1S/C17H20N2O2/c1-3-21-16-11-7-5-9-14(16)17(20)19-15-10-6-4-8-13(15)12-18-2/h4-11,18H,3,12H2,1-2H3,(H,19,20). The Morgan fingerprint density at radius 1 is 1.10 bits per heavy atom. The van der Waals surface area contributed by atoms with Crippen molar-refractivity contribution >= 4 is 11.6 Å². The van der Waals surface area contributed by atoms with E-state index in [9.17, 15) is 4.79 Å². The van der Waals surface area contributed by atoms with Crippen LogP contribution in [0.15, 0.2) is 48.5 Å². The third-order valence-corrected chi connectivity index (χ3v) is 3.06. The van der Waals surface area contributed by atoms with Crippen LogP contribution in [0, 0.1) is 0 Å². The minimum absolute atomic E-state index is 0.164. The minimum Gasteiger partial charge on any atom is -0.493 e. The fraction of sp³-hybridized carbons (Fsp3) is 0.235. The molecule has 0 aliphatic heterocycles. The summed E-state index contributed by atoms with van der Waals surface area (Å²) in [5, 5.41) is 6.04. The van der Waals surface area contributed by atoms with E-state index in [0.29, 0.717) is 24.5 Å². The van der Waals surface area contributed by atoms with Gasteiger partial charge in [-0.05, 0) is 37.7 Å². The van der Waals surface area contributed by atoms with E-state index in [1.165, 1.54) is 0 Å². The van der Waals surface area contributed by atoms with Gasteiger partial charge in [-0.1, -0.05) is 30.3 Å². The maximum atomic E-state index is 12.5. The number of anilines is 1. The number of nitrogens with one attached hydrogen (secondary N) is 2. The molecule has 0 atom stereocenters. The van der Waals surface area contributed by atoms with Gasteiger partial charge in [-0.25, -0.2) is 0 Å². The van der Waals surface area contributed by atoms with E-state index in [4.69, 9.17) is 4.74 Å². The predicted octanol–water partition coefficient (Wildman–Crippen LogP) is 3.06. The maximum Gasteiger partial charge on any atom is 0.259 e. The van der Waals surface area contributed by atoms with Gasteiger partial charge in [-0.3, -0.25) is 4.79 Å². The quantitative estimate of drug-likeness (QED) is 0.857. The van der Waals surface area contributed by atoms with Crippen molar-refractivity contribution < 1.29 is 9.53 Å². The topological polar surface area (TPSA) is 50.4 Å². The van der Waals surface area contributed by atoms with E-state index in [2.05, 4.69) is 10.6 Å². The van der Waals surface area contributed by atoms with Crippen molar-refractivity contribution in [3.63, 3.8) is 0 Å². The van der Waals surface area contributed by atoms with E-state index in [-0.39, 0.29) is 5.91 Å². The van der Waals surface area contributed by atoms with Gasteiger partial charge in [-0.2, -0.15) is 0 Å². The molecule has 0 fully saturated rings. The highest BCUT2D eigenvalue weighted by molar-refractivity contribution is 6.06. The van der Waals surface area contributed by atoms with Gasteiger partial charge in [0.05, 0.1) is 12.2 Å². The second kappa shape index (κ2) is 7.45. The first kappa shape index (κ1) is 15.1. The molecule has 0 bridgehead atoms. The Balaban J connectivity index is 2.22. The highest BCUT2D eigenvalue weighted by atomic mass is 16.5. The Morgan fingerprint density at radius 2 is 1.81 bits per heavy atom. The molecule has 2 N–H and O–H groups in total. The van der Waals surface area contributed by atoms with Gasteiger partial charge in [0.2, 0.25) is 0 Å². The zero-order chi connectivity index (χ0) is 15.1. The molecule has 0 aliphatic rings. The zero-order valence-electron chi connectivity index (χ0n) is 12.3. The molecule has 0 saturated heterocycles. The highest BCUT2D eigenvalue weighted by Crippen LogP contribution is 2.21. The fourth-order valence-electron chi connectivity index (χ4n) is 2.11. The number of para-hydroxylation sites is 2. The summed E-state index contributed by atoms with van der Waals surface area (Å²) in [5.74, 6) is 0.436. The molecule has 4 heteroatoms. The Bertz CT molecular complexity index is 611. The Hall–Kier alpha value is -2.33. The van der Waals surface area contributed by atoms with Gasteiger partial charge in [-0.15, -0.1) is 0 Å². The Morgan fingerprint density at radius 3 is 2.57 bits per heavy atom. The molecule has 0 aromatic heterocycles. The molecule has 0 radical (unpaired) electrons. The molecule has 0 unspecified atom stereocenters. The largest absolute Gasteiger partial charge is 0.493 e. The van der Waals surface area contributed by atoms with E-state index in [1.807, 2.05) is 50.4 Å². The highest BCUT2D eigenvalue weighted by Gasteiger charge is 2.13. The molecule has 0 saturated carbocycles. The molecule has 0 heterocycles. The van der Waals surface area contributed by atoms with E-state index >= 15 is 0 Å². The predicted molar refractivity (Wildman–Crippen MR) is 84.8 cm³/mol. The monoisotopic (exact) mass is 284 g/mol. The molecule has 21 heavy (non-hydrogen) atoms. The molecule has 2 aromatic rings. The lowest BCUT2D eigenvalue weighted by molar-refractivity contribution is 0.102. The van der Waals surface area contributed by atoms with Crippen molar-refractivity contribution in [1.29, 1.82) is 0 Å². The second-order valence-corrected chi connectivity index (χ2v) is 4.57. The van der Waals surface area contributed by atoms with Crippen LogP contribution in [0.25, 0.3) is 0 Å². The molecule has 0 spiro atoms. The van der Waals surface area contributed by atoms with Crippen LogP contribution in [-0.4, -0.2) is 19.6 Å². The SMILES string of the molecule is CCOc1ccccc1C(=O)Nc1ccccc1CNC.